The lowest BCUT2D eigenvalue weighted by Crippen LogP contribution is -2.32. The molecule has 2 rings (SSSR count). The van der Waals surface area contributed by atoms with Gasteiger partial charge in [-0.15, -0.1) is 0 Å². The Labute approximate surface area is 81.9 Å². The quantitative estimate of drug-likeness (QED) is 0.690. The van der Waals surface area contributed by atoms with Gasteiger partial charge in [0.2, 0.25) is 5.91 Å². The molecule has 0 aliphatic carbocycles. The van der Waals surface area contributed by atoms with Gasteiger partial charge in [0, 0.05) is 25.5 Å². The number of aliphatic hydroxyl groups excluding tert-OH is 1. The average molecular weight is 195 g/mol. The smallest absolute Gasteiger partial charge is 0.244 e. The summed E-state index contributed by atoms with van der Waals surface area (Å²) in [5.74, 6) is 0.0188. The Morgan fingerprint density at radius 2 is 2.50 bits per heavy atom. The minimum atomic E-state index is -0.350. The van der Waals surface area contributed by atoms with Crippen molar-refractivity contribution in [2.75, 3.05) is 13.1 Å². The summed E-state index contributed by atoms with van der Waals surface area (Å²) in [6, 6.07) is 1.78. The molecule has 5 nitrogen and oxygen atoms in total. The monoisotopic (exact) mass is 195 g/mol. The summed E-state index contributed by atoms with van der Waals surface area (Å²) in [5, 5.41) is 13.2. The van der Waals surface area contributed by atoms with E-state index in [0.717, 1.165) is 0 Å². The zero-order chi connectivity index (χ0) is 9.97. The molecule has 0 saturated carbocycles. The van der Waals surface area contributed by atoms with Crippen molar-refractivity contribution in [2.24, 2.45) is 0 Å². The molecule has 14 heavy (non-hydrogen) atoms. The van der Waals surface area contributed by atoms with Gasteiger partial charge in [-0.3, -0.25) is 9.48 Å². The first-order chi connectivity index (χ1) is 6.75. The summed E-state index contributed by atoms with van der Waals surface area (Å²) in [7, 11) is 0. The first-order valence-electron chi connectivity index (χ1n) is 4.69. The molecule has 1 atom stereocenters. The topological polar surface area (TPSA) is 58.4 Å². The SMILES string of the molecule is O=C(Cn1cccn1)N1CCC(O)C1. The Hall–Kier alpha value is -1.36. The zero-order valence-electron chi connectivity index (χ0n) is 7.83. The van der Waals surface area contributed by atoms with Crippen LogP contribution in [0.25, 0.3) is 0 Å². The number of aromatic nitrogens is 2. The number of β-amino-alcohol motifs (C(OH)–C–C–N with tert-alkyl or cyclic N) is 1. The molecule has 5 heteroatoms. The highest BCUT2D eigenvalue weighted by atomic mass is 16.3. The van der Waals surface area contributed by atoms with Crippen molar-refractivity contribution in [3.05, 3.63) is 18.5 Å². The molecule has 76 valence electrons. The Balaban J connectivity index is 1.90. The average Bonchev–Trinajstić information content (AvgIpc) is 2.75. The van der Waals surface area contributed by atoms with Crippen molar-refractivity contribution in [1.82, 2.24) is 14.7 Å². The normalized spacial score (nSPS) is 21.5. The molecule has 1 N–H and O–H groups in total. The first-order valence-corrected chi connectivity index (χ1v) is 4.69. The zero-order valence-corrected chi connectivity index (χ0v) is 7.83. The summed E-state index contributed by atoms with van der Waals surface area (Å²) < 4.78 is 1.59. The Kier molecular flexibility index (Phi) is 2.49. The van der Waals surface area contributed by atoms with Gasteiger partial charge in [0.05, 0.1) is 6.10 Å². The number of amides is 1. The van der Waals surface area contributed by atoms with Crippen molar-refractivity contribution in [3.8, 4) is 0 Å². The van der Waals surface area contributed by atoms with Gasteiger partial charge in [0.1, 0.15) is 6.54 Å². The maximum atomic E-state index is 11.6. The van der Waals surface area contributed by atoms with E-state index >= 15 is 0 Å². The minimum absolute atomic E-state index is 0.0188. The fourth-order valence-corrected chi connectivity index (χ4v) is 1.60. The van der Waals surface area contributed by atoms with E-state index in [2.05, 4.69) is 5.10 Å². The second kappa shape index (κ2) is 3.79. The third-order valence-electron chi connectivity index (χ3n) is 2.37. The molecule has 1 aliphatic heterocycles. The van der Waals surface area contributed by atoms with Crippen LogP contribution in [0.4, 0.5) is 0 Å². The van der Waals surface area contributed by atoms with E-state index in [1.807, 2.05) is 0 Å². The van der Waals surface area contributed by atoms with Gasteiger partial charge in [-0.1, -0.05) is 0 Å². The Morgan fingerprint density at radius 1 is 1.64 bits per heavy atom. The maximum Gasteiger partial charge on any atom is 0.244 e. The lowest BCUT2D eigenvalue weighted by atomic mass is 10.3. The molecule has 1 unspecified atom stereocenters. The predicted octanol–water partition coefficient (Wildman–Crippen LogP) is -0.524. The molecule has 0 bridgehead atoms. The number of carbonyl (C=O) groups excluding carboxylic acids is 1. The molecule has 1 aromatic rings. The molecule has 1 aromatic heterocycles. The summed E-state index contributed by atoms with van der Waals surface area (Å²) in [5.41, 5.74) is 0. The molecule has 1 saturated heterocycles. The Morgan fingerprint density at radius 3 is 3.07 bits per heavy atom. The van der Waals surface area contributed by atoms with Crippen LogP contribution in [0.5, 0.6) is 0 Å². The van der Waals surface area contributed by atoms with Crippen molar-refractivity contribution >= 4 is 5.91 Å². The van der Waals surface area contributed by atoms with E-state index in [9.17, 15) is 9.90 Å². The van der Waals surface area contributed by atoms with Gasteiger partial charge < -0.3 is 10.0 Å². The van der Waals surface area contributed by atoms with Crippen LogP contribution in [-0.2, 0) is 11.3 Å². The van der Waals surface area contributed by atoms with E-state index in [0.29, 0.717) is 19.5 Å². The number of aliphatic hydroxyl groups is 1. The van der Waals surface area contributed by atoms with Crippen molar-refractivity contribution in [2.45, 2.75) is 19.1 Å². The van der Waals surface area contributed by atoms with Gasteiger partial charge in [-0.25, -0.2) is 0 Å². The summed E-state index contributed by atoms with van der Waals surface area (Å²) in [6.45, 7) is 1.38. The number of nitrogens with zero attached hydrogens (tertiary/aromatic N) is 3. The molecular formula is C9H13N3O2. The molecule has 0 radical (unpaired) electrons. The maximum absolute atomic E-state index is 11.6. The van der Waals surface area contributed by atoms with Crippen LogP contribution >= 0.6 is 0 Å². The highest BCUT2D eigenvalue weighted by Crippen LogP contribution is 2.09. The number of rotatable bonds is 2. The van der Waals surface area contributed by atoms with Crippen molar-refractivity contribution in [3.63, 3.8) is 0 Å². The first kappa shape index (κ1) is 9.21. The Bertz CT molecular complexity index is 310. The van der Waals surface area contributed by atoms with Crippen molar-refractivity contribution in [1.29, 1.82) is 0 Å². The van der Waals surface area contributed by atoms with E-state index in [1.54, 1.807) is 28.0 Å². The second-order valence-corrected chi connectivity index (χ2v) is 3.49. The fourth-order valence-electron chi connectivity index (χ4n) is 1.60. The third-order valence-corrected chi connectivity index (χ3v) is 2.37. The van der Waals surface area contributed by atoms with Gasteiger partial charge in [-0.05, 0) is 12.5 Å². The molecular weight excluding hydrogens is 182 g/mol. The van der Waals surface area contributed by atoms with Gasteiger partial charge in [0.15, 0.2) is 0 Å². The fraction of sp³-hybridized carbons (Fsp3) is 0.556. The molecule has 1 fully saturated rings. The highest BCUT2D eigenvalue weighted by molar-refractivity contribution is 5.76. The van der Waals surface area contributed by atoms with E-state index in [1.165, 1.54) is 0 Å². The van der Waals surface area contributed by atoms with E-state index in [-0.39, 0.29) is 18.6 Å². The molecule has 1 aliphatic rings. The second-order valence-electron chi connectivity index (χ2n) is 3.49. The van der Waals surface area contributed by atoms with Crippen LogP contribution in [0, 0.1) is 0 Å². The van der Waals surface area contributed by atoms with Crippen LogP contribution in [0.2, 0.25) is 0 Å². The molecule has 0 spiro atoms. The molecule has 0 aromatic carbocycles. The lowest BCUT2D eigenvalue weighted by molar-refractivity contribution is -0.131. The standard InChI is InChI=1S/C9H13N3O2/c13-8-2-5-11(6-8)9(14)7-12-4-1-3-10-12/h1,3-4,8,13H,2,5-7H2. The number of hydrogen-bond acceptors (Lipinski definition) is 3. The molecule has 1 amide bonds. The van der Waals surface area contributed by atoms with Crippen LogP contribution in [0.3, 0.4) is 0 Å². The highest BCUT2D eigenvalue weighted by Gasteiger charge is 2.24. The van der Waals surface area contributed by atoms with Crippen LogP contribution in [0.15, 0.2) is 18.5 Å². The minimum Gasteiger partial charge on any atom is -0.391 e. The lowest BCUT2D eigenvalue weighted by Gasteiger charge is -2.15. The van der Waals surface area contributed by atoms with Crippen molar-refractivity contribution < 1.29 is 9.90 Å². The number of carbonyl (C=O) groups is 1. The van der Waals surface area contributed by atoms with Gasteiger partial charge in [0.25, 0.3) is 0 Å². The summed E-state index contributed by atoms with van der Waals surface area (Å²) in [6.07, 6.45) is 3.73. The predicted molar refractivity (Wildman–Crippen MR) is 49.4 cm³/mol. The van der Waals surface area contributed by atoms with E-state index in [4.69, 9.17) is 0 Å². The number of likely N-dealkylation sites (tertiary alicyclic amines) is 1. The summed E-state index contributed by atoms with van der Waals surface area (Å²) >= 11 is 0. The van der Waals surface area contributed by atoms with Gasteiger partial charge >= 0.3 is 0 Å². The van der Waals surface area contributed by atoms with Crippen LogP contribution in [-0.4, -0.2) is 44.9 Å². The van der Waals surface area contributed by atoms with Crippen LogP contribution < -0.4 is 0 Å². The molecule has 2 heterocycles. The van der Waals surface area contributed by atoms with E-state index < -0.39 is 0 Å². The number of hydrogen-bond donors (Lipinski definition) is 1. The van der Waals surface area contributed by atoms with Gasteiger partial charge in [-0.2, -0.15) is 5.10 Å². The third kappa shape index (κ3) is 1.93. The largest absolute Gasteiger partial charge is 0.391 e. The van der Waals surface area contributed by atoms with Crippen LogP contribution in [0.1, 0.15) is 6.42 Å². The summed E-state index contributed by atoms with van der Waals surface area (Å²) in [4.78, 5) is 13.3.